The number of esters is 1. The summed E-state index contributed by atoms with van der Waals surface area (Å²) in [6.45, 7) is 1.59. The van der Waals surface area contributed by atoms with Crippen molar-refractivity contribution in [1.82, 2.24) is 0 Å². The second kappa shape index (κ2) is 6.97. The van der Waals surface area contributed by atoms with Gasteiger partial charge in [0.2, 0.25) is 6.79 Å². The maximum Gasteiger partial charge on any atom is 0.369 e. The van der Waals surface area contributed by atoms with Gasteiger partial charge in [-0.1, -0.05) is 6.92 Å². The molecule has 0 N–H and O–H groups in total. The van der Waals surface area contributed by atoms with E-state index in [-0.39, 0.29) is 12.8 Å². The molecule has 0 spiro atoms. The Hall–Kier alpha value is -0.710. The first kappa shape index (κ1) is 11.3. The summed E-state index contributed by atoms with van der Waals surface area (Å²) in [6, 6.07) is 0. The van der Waals surface area contributed by atoms with Crippen LogP contribution in [0.15, 0.2) is 0 Å². The molecule has 0 fully saturated rings. The SMILES string of the molecule is CCCC(=O)OCOC(=O)SC. The van der Waals surface area contributed by atoms with Gasteiger partial charge in [0.05, 0.1) is 0 Å². The van der Waals surface area contributed by atoms with Crippen LogP contribution >= 0.6 is 11.8 Å². The van der Waals surface area contributed by atoms with Crippen molar-refractivity contribution in [1.29, 1.82) is 0 Å². The molecule has 0 radical (unpaired) electrons. The number of thioether (sulfide) groups is 1. The number of rotatable bonds is 4. The first-order valence-electron chi connectivity index (χ1n) is 3.57. The summed E-state index contributed by atoms with van der Waals surface area (Å²) in [7, 11) is 0. The third-order valence-electron chi connectivity index (χ3n) is 1.02. The summed E-state index contributed by atoms with van der Waals surface area (Å²) in [4.78, 5) is 21.2. The van der Waals surface area contributed by atoms with Crippen LogP contribution in [0.3, 0.4) is 0 Å². The Kier molecular flexibility index (Phi) is 6.55. The normalized spacial score (nSPS) is 9.17. The van der Waals surface area contributed by atoms with Gasteiger partial charge >= 0.3 is 11.3 Å². The molecule has 0 amide bonds. The minimum atomic E-state index is -0.445. The lowest BCUT2D eigenvalue weighted by Gasteiger charge is -2.03. The van der Waals surface area contributed by atoms with Crippen molar-refractivity contribution in [3.05, 3.63) is 0 Å². The Morgan fingerprint density at radius 3 is 2.50 bits per heavy atom. The first-order chi connectivity index (χ1) is 5.70. The van der Waals surface area contributed by atoms with E-state index in [2.05, 4.69) is 9.47 Å². The van der Waals surface area contributed by atoms with E-state index in [1.54, 1.807) is 6.26 Å². The Balaban J connectivity index is 3.30. The molecule has 12 heavy (non-hydrogen) atoms. The summed E-state index contributed by atoms with van der Waals surface area (Å²) in [6.07, 6.45) is 2.68. The van der Waals surface area contributed by atoms with Crippen LogP contribution in [0.25, 0.3) is 0 Å². The zero-order chi connectivity index (χ0) is 9.40. The van der Waals surface area contributed by atoms with E-state index in [1.807, 2.05) is 6.92 Å². The minimum absolute atomic E-state index is 0.279. The summed E-state index contributed by atoms with van der Waals surface area (Å²) < 4.78 is 9.05. The predicted molar refractivity (Wildman–Crippen MR) is 45.9 cm³/mol. The van der Waals surface area contributed by atoms with Gasteiger partial charge in [-0.25, -0.2) is 4.79 Å². The van der Waals surface area contributed by atoms with Crippen molar-refractivity contribution in [3.8, 4) is 0 Å². The van der Waals surface area contributed by atoms with Gasteiger partial charge in [-0.15, -0.1) is 0 Å². The summed E-state index contributed by atoms with van der Waals surface area (Å²) in [5.74, 6) is -0.341. The molecule has 70 valence electrons. The van der Waals surface area contributed by atoms with Gasteiger partial charge in [0.15, 0.2) is 0 Å². The predicted octanol–water partition coefficient (Wildman–Crippen LogP) is 1.79. The maximum absolute atomic E-state index is 10.7. The lowest BCUT2D eigenvalue weighted by molar-refractivity contribution is -0.151. The van der Waals surface area contributed by atoms with E-state index in [0.717, 1.165) is 18.2 Å². The highest BCUT2D eigenvalue weighted by Gasteiger charge is 2.02. The average Bonchev–Trinajstić information content (AvgIpc) is 2.04. The Labute approximate surface area is 75.6 Å². The van der Waals surface area contributed by atoms with Gasteiger partial charge in [-0.3, -0.25) is 4.79 Å². The molecule has 0 aromatic rings. The fraction of sp³-hybridized carbons (Fsp3) is 0.714. The van der Waals surface area contributed by atoms with E-state index >= 15 is 0 Å². The van der Waals surface area contributed by atoms with Gasteiger partial charge in [0.1, 0.15) is 0 Å². The van der Waals surface area contributed by atoms with Gasteiger partial charge in [-0.05, 0) is 24.4 Å². The lowest BCUT2D eigenvalue weighted by Crippen LogP contribution is -2.09. The molecule has 0 aliphatic rings. The van der Waals surface area contributed by atoms with Crippen LogP contribution in [0.5, 0.6) is 0 Å². The molecule has 0 rings (SSSR count). The van der Waals surface area contributed by atoms with Crippen molar-refractivity contribution in [2.24, 2.45) is 0 Å². The van der Waals surface area contributed by atoms with Crippen molar-refractivity contribution >= 4 is 23.0 Å². The number of carbonyl (C=O) groups excluding carboxylic acids is 2. The highest BCUT2D eigenvalue weighted by Crippen LogP contribution is 1.99. The van der Waals surface area contributed by atoms with Crippen LogP contribution in [-0.2, 0) is 14.3 Å². The van der Waals surface area contributed by atoms with Crippen molar-refractivity contribution < 1.29 is 19.1 Å². The fourth-order valence-corrected chi connectivity index (χ4v) is 0.644. The quantitative estimate of drug-likeness (QED) is 0.502. The highest BCUT2D eigenvalue weighted by molar-refractivity contribution is 8.12. The monoisotopic (exact) mass is 192 g/mol. The third-order valence-corrected chi connectivity index (χ3v) is 1.47. The smallest absolute Gasteiger partial charge is 0.369 e. The topological polar surface area (TPSA) is 52.6 Å². The highest BCUT2D eigenvalue weighted by atomic mass is 32.2. The summed E-state index contributed by atoms with van der Waals surface area (Å²) in [5.41, 5.74) is 0. The summed E-state index contributed by atoms with van der Waals surface area (Å²) >= 11 is 0.937. The molecule has 0 aliphatic heterocycles. The molecular weight excluding hydrogens is 180 g/mol. The molecule has 5 heteroatoms. The number of carbonyl (C=O) groups is 2. The van der Waals surface area contributed by atoms with Crippen molar-refractivity contribution in [2.45, 2.75) is 19.8 Å². The zero-order valence-corrected chi connectivity index (χ0v) is 7.98. The average molecular weight is 192 g/mol. The molecule has 0 aliphatic carbocycles. The maximum atomic E-state index is 10.7. The lowest BCUT2D eigenvalue weighted by atomic mass is 10.3. The second-order valence-corrected chi connectivity index (χ2v) is 2.72. The van der Waals surface area contributed by atoms with Gasteiger partial charge in [0, 0.05) is 6.42 Å². The molecule has 0 bridgehead atoms. The molecule has 0 aromatic carbocycles. The zero-order valence-electron chi connectivity index (χ0n) is 7.16. The molecular formula is C7H12O4S. The fourth-order valence-electron chi connectivity index (χ4n) is 0.479. The molecule has 0 saturated heterocycles. The largest absolute Gasteiger partial charge is 0.428 e. The van der Waals surface area contributed by atoms with Crippen LogP contribution in [0.4, 0.5) is 4.79 Å². The molecule has 0 saturated carbocycles. The van der Waals surface area contributed by atoms with Crippen LogP contribution in [0.2, 0.25) is 0 Å². The van der Waals surface area contributed by atoms with Crippen LogP contribution < -0.4 is 0 Å². The summed E-state index contributed by atoms with van der Waals surface area (Å²) in [5, 5.41) is -0.445. The van der Waals surface area contributed by atoms with E-state index < -0.39 is 5.30 Å². The molecule has 0 atom stereocenters. The van der Waals surface area contributed by atoms with E-state index in [9.17, 15) is 9.59 Å². The Morgan fingerprint density at radius 2 is 2.00 bits per heavy atom. The molecule has 0 unspecified atom stereocenters. The molecule has 0 aromatic heterocycles. The van der Waals surface area contributed by atoms with E-state index in [0.29, 0.717) is 6.42 Å². The first-order valence-corrected chi connectivity index (χ1v) is 4.79. The number of hydrogen-bond donors (Lipinski definition) is 0. The van der Waals surface area contributed by atoms with Crippen LogP contribution in [0, 0.1) is 0 Å². The van der Waals surface area contributed by atoms with Crippen molar-refractivity contribution in [2.75, 3.05) is 13.0 Å². The van der Waals surface area contributed by atoms with Gasteiger partial charge in [-0.2, -0.15) is 0 Å². The standard InChI is InChI=1S/C7H12O4S/c1-3-4-6(8)10-5-11-7(9)12-2/h3-5H2,1-2H3. The Bertz CT molecular complexity index is 157. The minimum Gasteiger partial charge on any atom is -0.428 e. The van der Waals surface area contributed by atoms with Crippen molar-refractivity contribution in [3.63, 3.8) is 0 Å². The number of ether oxygens (including phenoxy) is 2. The molecule has 0 heterocycles. The van der Waals surface area contributed by atoms with Gasteiger partial charge < -0.3 is 9.47 Å². The third kappa shape index (κ3) is 6.03. The Morgan fingerprint density at radius 1 is 1.33 bits per heavy atom. The number of hydrogen-bond acceptors (Lipinski definition) is 5. The van der Waals surface area contributed by atoms with Crippen LogP contribution in [0.1, 0.15) is 19.8 Å². The van der Waals surface area contributed by atoms with E-state index in [1.165, 1.54) is 0 Å². The molecule has 4 nitrogen and oxygen atoms in total. The van der Waals surface area contributed by atoms with E-state index in [4.69, 9.17) is 0 Å². The van der Waals surface area contributed by atoms with Crippen LogP contribution in [-0.4, -0.2) is 24.3 Å². The van der Waals surface area contributed by atoms with Gasteiger partial charge in [0.25, 0.3) is 0 Å². The second-order valence-electron chi connectivity index (χ2n) is 1.98.